The first-order valence-electron chi connectivity index (χ1n) is 9.90. The van der Waals surface area contributed by atoms with Crippen LogP contribution in [-0.4, -0.2) is 70.1 Å². The van der Waals surface area contributed by atoms with Crippen molar-refractivity contribution in [2.45, 2.75) is 19.9 Å². The molecule has 0 N–H and O–H groups in total. The Hall–Kier alpha value is -3.06. The van der Waals surface area contributed by atoms with Crippen molar-refractivity contribution < 1.29 is 14.4 Å². The van der Waals surface area contributed by atoms with Gasteiger partial charge in [-0.1, -0.05) is 17.7 Å². The molecule has 29 heavy (non-hydrogen) atoms. The number of nitrogens with zero attached hydrogens (tertiary/aromatic N) is 4. The number of imide groups is 1. The molecule has 3 amide bonds. The highest BCUT2D eigenvalue weighted by Crippen LogP contribution is 2.24. The molecule has 1 aromatic heterocycles. The smallest absolute Gasteiger partial charge is 0.261 e. The van der Waals surface area contributed by atoms with Crippen LogP contribution in [0.1, 0.15) is 38.4 Å². The van der Waals surface area contributed by atoms with E-state index in [-0.39, 0.29) is 30.7 Å². The number of fused-ring (bicyclic) bond motifs is 1. The molecule has 7 nitrogen and oxygen atoms in total. The third-order valence-corrected chi connectivity index (χ3v) is 5.51. The number of carbonyl (C=O) groups excluding carboxylic acids is 3. The molecule has 2 aromatic rings. The molecular formula is C22H24N4O3. The Kier molecular flexibility index (Phi) is 5.40. The Balaban J connectivity index is 1.28. The zero-order valence-corrected chi connectivity index (χ0v) is 16.5. The van der Waals surface area contributed by atoms with Crippen LogP contribution in [0.25, 0.3) is 0 Å². The van der Waals surface area contributed by atoms with Gasteiger partial charge >= 0.3 is 0 Å². The Morgan fingerprint density at radius 2 is 1.76 bits per heavy atom. The first kappa shape index (κ1) is 19.3. The summed E-state index contributed by atoms with van der Waals surface area (Å²) in [5.41, 5.74) is 2.82. The second-order valence-corrected chi connectivity index (χ2v) is 7.54. The van der Waals surface area contributed by atoms with E-state index in [1.807, 2.05) is 36.1 Å². The van der Waals surface area contributed by atoms with E-state index in [2.05, 4.69) is 9.88 Å². The predicted molar refractivity (Wildman–Crippen MR) is 107 cm³/mol. The van der Waals surface area contributed by atoms with Crippen molar-refractivity contribution >= 4 is 17.7 Å². The Morgan fingerprint density at radius 1 is 1.00 bits per heavy atom. The maximum absolute atomic E-state index is 12.6. The van der Waals surface area contributed by atoms with Crippen LogP contribution in [0, 0.1) is 6.92 Å². The van der Waals surface area contributed by atoms with Crippen molar-refractivity contribution in [3.63, 3.8) is 0 Å². The number of rotatable bonds is 5. The second-order valence-electron chi connectivity index (χ2n) is 7.54. The molecule has 7 heteroatoms. The van der Waals surface area contributed by atoms with Gasteiger partial charge in [-0.2, -0.15) is 0 Å². The summed E-state index contributed by atoms with van der Waals surface area (Å²) in [6, 6.07) is 11.1. The first-order chi connectivity index (χ1) is 14.0. The van der Waals surface area contributed by atoms with Gasteiger partial charge in [0.15, 0.2) is 0 Å². The van der Waals surface area contributed by atoms with E-state index in [0.717, 1.165) is 30.9 Å². The van der Waals surface area contributed by atoms with E-state index in [9.17, 15) is 14.4 Å². The van der Waals surface area contributed by atoms with Crippen LogP contribution in [-0.2, 0) is 11.3 Å². The van der Waals surface area contributed by atoms with Gasteiger partial charge in [-0.3, -0.25) is 29.2 Å². The molecule has 0 bridgehead atoms. The normalized spacial score (nSPS) is 17.0. The zero-order chi connectivity index (χ0) is 20.4. The molecule has 0 atom stereocenters. The van der Waals surface area contributed by atoms with E-state index in [1.165, 1.54) is 4.90 Å². The van der Waals surface area contributed by atoms with Crippen LogP contribution >= 0.6 is 0 Å². The SMILES string of the molecule is Cc1ccc2c(c1)C(=O)N(CCC(=O)N1CCN(Cc3ccccn3)CC1)C2=O. The van der Waals surface area contributed by atoms with Crippen LogP contribution in [0.3, 0.4) is 0 Å². The molecular weight excluding hydrogens is 368 g/mol. The second kappa shape index (κ2) is 8.13. The summed E-state index contributed by atoms with van der Waals surface area (Å²) >= 11 is 0. The quantitative estimate of drug-likeness (QED) is 0.725. The molecule has 4 rings (SSSR count). The topological polar surface area (TPSA) is 73.8 Å². The molecule has 0 radical (unpaired) electrons. The molecule has 1 aromatic carbocycles. The van der Waals surface area contributed by atoms with Crippen LogP contribution < -0.4 is 0 Å². The third kappa shape index (κ3) is 4.05. The minimum absolute atomic E-state index is 0.0183. The molecule has 1 saturated heterocycles. The van der Waals surface area contributed by atoms with Gasteiger partial charge in [0.1, 0.15) is 0 Å². The van der Waals surface area contributed by atoms with Crippen molar-refractivity contribution in [2.24, 2.45) is 0 Å². The van der Waals surface area contributed by atoms with Gasteiger partial charge in [0.2, 0.25) is 5.91 Å². The van der Waals surface area contributed by atoms with Gasteiger partial charge in [-0.05, 0) is 31.2 Å². The van der Waals surface area contributed by atoms with Gasteiger partial charge in [0.25, 0.3) is 11.8 Å². The number of hydrogen-bond acceptors (Lipinski definition) is 5. The minimum Gasteiger partial charge on any atom is -0.340 e. The molecule has 0 spiro atoms. The summed E-state index contributed by atoms with van der Waals surface area (Å²) in [7, 11) is 0. The maximum Gasteiger partial charge on any atom is 0.261 e. The lowest BCUT2D eigenvalue weighted by molar-refractivity contribution is -0.133. The van der Waals surface area contributed by atoms with E-state index >= 15 is 0 Å². The lowest BCUT2D eigenvalue weighted by Gasteiger charge is -2.34. The lowest BCUT2D eigenvalue weighted by Crippen LogP contribution is -2.49. The Bertz CT molecular complexity index is 936. The van der Waals surface area contributed by atoms with Crippen LogP contribution in [0.5, 0.6) is 0 Å². The van der Waals surface area contributed by atoms with E-state index < -0.39 is 0 Å². The molecule has 2 aliphatic rings. The van der Waals surface area contributed by atoms with Gasteiger partial charge < -0.3 is 4.90 Å². The van der Waals surface area contributed by atoms with Gasteiger partial charge in [0, 0.05) is 51.9 Å². The molecule has 2 aliphatic heterocycles. The lowest BCUT2D eigenvalue weighted by atomic mass is 10.1. The summed E-state index contributed by atoms with van der Waals surface area (Å²) in [6.07, 6.45) is 1.94. The average molecular weight is 392 g/mol. The van der Waals surface area contributed by atoms with Gasteiger partial charge in [-0.25, -0.2) is 0 Å². The van der Waals surface area contributed by atoms with Crippen molar-refractivity contribution in [1.82, 2.24) is 19.7 Å². The highest BCUT2D eigenvalue weighted by Gasteiger charge is 2.35. The van der Waals surface area contributed by atoms with E-state index in [0.29, 0.717) is 24.2 Å². The van der Waals surface area contributed by atoms with Crippen LogP contribution in [0.15, 0.2) is 42.6 Å². The third-order valence-electron chi connectivity index (χ3n) is 5.51. The fourth-order valence-electron chi connectivity index (χ4n) is 3.85. The van der Waals surface area contributed by atoms with E-state index in [4.69, 9.17) is 0 Å². The molecule has 0 saturated carbocycles. The highest BCUT2D eigenvalue weighted by molar-refractivity contribution is 6.21. The number of hydrogen-bond donors (Lipinski definition) is 0. The fraction of sp³-hybridized carbons (Fsp3) is 0.364. The van der Waals surface area contributed by atoms with Crippen molar-refractivity contribution in [3.05, 3.63) is 65.0 Å². The predicted octanol–water partition coefficient (Wildman–Crippen LogP) is 1.72. The molecule has 0 unspecified atom stereocenters. The van der Waals surface area contributed by atoms with Crippen molar-refractivity contribution in [3.8, 4) is 0 Å². The molecule has 150 valence electrons. The van der Waals surface area contributed by atoms with Crippen molar-refractivity contribution in [1.29, 1.82) is 0 Å². The van der Waals surface area contributed by atoms with Gasteiger partial charge in [-0.15, -0.1) is 0 Å². The van der Waals surface area contributed by atoms with Crippen molar-refractivity contribution in [2.75, 3.05) is 32.7 Å². The number of benzene rings is 1. The maximum atomic E-state index is 12.6. The summed E-state index contributed by atoms with van der Waals surface area (Å²) in [6.45, 7) is 5.65. The standard InChI is InChI=1S/C22H24N4O3/c1-16-5-6-18-19(14-16)22(29)26(21(18)28)9-7-20(27)25-12-10-24(11-13-25)15-17-4-2-3-8-23-17/h2-6,8,14H,7,9-13,15H2,1H3. The largest absolute Gasteiger partial charge is 0.340 e. The molecule has 0 aliphatic carbocycles. The van der Waals surface area contributed by atoms with Gasteiger partial charge in [0.05, 0.1) is 16.8 Å². The Labute approximate surface area is 169 Å². The summed E-state index contributed by atoms with van der Waals surface area (Å²) in [5, 5.41) is 0. The summed E-state index contributed by atoms with van der Waals surface area (Å²) < 4.78 is 0. The van der Waals surface area contributed by atoms with Crippen LogP contribution in [0.4, 0.5) is 0 Å². The molecule has 3 heterocycles. The Morgan fingerprint density at radius 3 is 2.48 bits per heavy atom. The number of piperazine rings is 1. The number of amides is 3. The molecule has 1 fully saturated rings. The first-order valence-corrected chi connectivity index (χ1v) is 9.90. The monoisotopic (exact) mass is 392 g/mol. The van der Waals surface area contributed by atoms with Crippen LogP contribution in [0.2, 0.25) is 0 Å². The van der Waals surface area contributed by atoms with E-state index in [1.54, 1.807) is 18.3 Å². The number of aromatic nitrogens is 1. The number of carbonyl (C=O) groups is 3. The fourth-order valence-corrected chi connectivity index (χ4v) is 3.85. The summed E-state index contributed by atoms with van der Waals surface area (Å²) in [5.74, 6) is -0.630. The summed E-state index contributed by atoms with van der Waals surface area (Å²) in [4.78, 5) is 47.3. The number of aryl methyl sites for hydroxylation is 1. The zero-order valence-electron chi connectivity index (χ0n) is 16.5. The highest BCUT2D eigenvalue weighted by atomic mass is 16.2. The number of pyridine rings is 1. The average Bonchev–Trinajstić information content (AvgIpc) is 2.97. The minimum atomic E-state index is -0.307.